The van der Waals surface area contributed by atoms with Gasteiger partial charge < -0.3 is 4.90 Å². The largest absolute Gasteiger partial charge is 0.323 e. The average Bonchev–Trinajstić information content (AvgIpc) is 2.87. The zero-order valence-corrected chi connectivity index (χ0v) is 10.2. The van der Waals surface area contributed by atoms with Gasteiger partial charge in [0.05, 0.1) is 12.2 Å². The first-order valence-corrected chi connectivity index (χ1v) is 6.14. The van der Waals surface area contributed by atoms with Crippen LogP contribution in [0.15, 0.2) is 0 Å². The van der Waals surface area contributed by atoms with E-state index < -0.39 is 0 Å². The van der Waals surface area contributed by atoms with E-state index in [1.165, 1.54) is 12.8 Å². The molecule has 2 fully saturated rings. The van der Waals surface area contributed by atoms with Gasteiger partial charge >= 0.3 is 0 Å². The minimum Gasteiger partial charge on any atom is -0.323 e. The molecule has 2 aliphatic rings. The molecule has 0 aromatic heterocycles. The molecule has 2 rings (SSSR count). The highest BCUT2D eigenvalue weighted by Crippen LogP contribution is 2.41. The molecule has 4 unspecified atom stereocenters. The van der Waals surface area contributed by atoms with Crippen LogP contribution in [-0.2, 0) is 4.79 Å². The maximum absolute atomic E-state index is 12.2. The fraction of sp³-hybridized carbons (Fsp3) is 0.917. The van der Waals surface area contributed by atoms with Crippen molar-refractivity contribution in [2.75, 3.05) is 0 Å². The summed E-state index contributed by atoms with van der Waals surface area (Å²) in [5.41, 5.74) is 0. The molecule has 0 radical (unpaired) electrons. The first kappa shape index (κ1) is 10.9. The van der Waals surface area contributed by atoms with Crippen LogP contribution in [0.1, 0.15) is 40.5 Å². The SMILES string of the molecule is CCC1CC1N1C(=O)C(C(C)C)NC1C. The predicted molar refractivity (Wildman–Crippen MR) is 60.3 cm³/mol. The smallest absolute Gasteiger partial charge is 0.241 e. The zero-order valence-electron chi connectivity index (χ0n) is 10.2. The van der Waals surface area contributed by atoms with Crippen LogP contribution in [0.4, 0.5) is 0 Å². The first-order valence-electron chi connectivity index (χ1n) is 6.14. The number of amides is 1. The fourth-order valence-corrected chi connectivity index (χ4v) is 2.70. The van der Waals surface area contributed by atoms with E-state index >= 15 is 0 Å². The Hall–Kier alpha value is -0.570. The number of nitrogens with zero attached hydrogens (tertiary/aromatic N) is 1. The van der Waals surface area contributed by atoms with Gasteiger partial charge in [-0.25, -0.2) is 0 Å². The summed E-state index contributed by atoms with van der Waals surface area (Å²) in [5, 5.41) is 3.40. The number of hydrogen-bond donors (Lipinski definition) is 1. The first-order chi connectivity index (χ1) is 7.06. The molecule has 1 aliphatic carbocycles. The zero-order chi connectivity index (χ0) is 11.2. The number of carbonyl (C=O) groups excluding carboxylic acids is 1. The highest BCUT2D eigenvalue weighted by molar-refractivity contribution is 5.85. The Balaban J connectivity index is 2.04. The minimum atomic E-state index is 0.0399. The molecular weight excluding hydrogens is 188 g/mol. The van der Waals surface area contributed by atoms with Crippen molar-refractivity contribution >= 4 is 5.91 Å². The lowest BCUT2D eigenvalue weighted by Gasteiger charge is -2.21. The Morgan fingerprint density at radius 1 is 1.53 bits per heavy atom. The molecule has 0 aromatic rings. The molecule has 1 saturated carbocycles. The summed E-state index contributed by atoms with van der Waals surface area (Å²) in [6.45, 7) is 8.53. The maximum atomic E-state index is 12.2. The molecule has 1 saturated heterocycles. The van der Waals surface area contributed by atoms with Crippen LogP contribution in [0.3, 0.4) is 0 Å². The highest BCUT2D eigenvalue weighted by Gasteiger charge is 2.49. The van der Waals surface area contributed by atoms with Gasteiger partial charge in [-0.05, 0) is 25.2 Å². The molecule has 1 heterocycles. The van der Waals surface area contributed by atoms with E-state index in [0.717, 1.165) is 5.92 Å². The van der Waals surface area contributed by atoms with E-state index in [4.69, 9.17) is 0 Å². The van der Waals surface area contributed by atoms with Crippen molar-refractivity contribution in [1.29, 1.82) is 0 Å². The lowest BCUT2D eigenvalue weighted by molar-refractivity contribution is -0.131. The second-order valence-electron chi connectivity index (χ2n) is 5.28. The van der Waals surface area contributed by atoms with Crippen molar-refractivity contribution in [1.82, 2.24) is 10.2 Å². The van der Waals surface area contributed by atoms with E-state index in [-0.39, 0.29) is 12.2 Å². The summed E-state index contributed by atoms with van der Waals surface area (Å²) in [4.78, 5) is 14.2. The maximum Gasteiger partial charge on any atom is 0.241 e. The summed E-state index contributed by atoms with van der Waals surface area (Å²) >= 11 is 0. The molecular formula is C12H22N2O. The molecule has 1 amide bonds. The Morgan fingerprint density at radius 2 is 2.20 bits per heavy atom. The molecule has 86 valence electrons. The molecule has 1 N–H and O–H groups in total. The summed E-state index contributed by atoms with van der Waals surface area (Å²) in [6, 6.07) is 0.562. The van der Waals surface area contributed by atoms with Crippen molar-refractivity contribution in [3.05, 3.63) is 0 Å². The Kier molecular flexibility index (Phi) is 2.75. The van der Waals surface area contributed by atoms with Gasteiger partial charge in [-0.15, -0.1) is 0 Å². The van der Waals surface area contributed by atoms with Gasteiger partial charge in [-0.2, -0.15) is 0 Å². The van der Waals surface area contributed by atoms with E-state index in [0.29, 0.717) is 17.9 Å². The van der Waals surface area contributed by atoms with E-state index in [1.807, 2.05) is 0 Å². The molecule has 15 heavy (non-hydrogen) atoms. The van der Waals surface area contributed by atoms with Gasteiger partial charge in [0.15, 0.2) is 0 Å². The molecule has 3 heteroatoms. The van der Waals surface area contributed by atoms with E-state index in [2.05, 4.69) is 37.9 Å². The van der Waals surface area contributed by atoms with Gasteiger partial charge in [-0.3, -0.25) is 10.1 Å². The van der Waals surface area contributed by atoms with E-state index in [1.54, 1.807) is 0 Å². The summed E-state index contributed by atoms with van der Waals surface area (Å²) < 4.78 is 0. The molecule has 0 aromatic carbocycles. The molecule has 1 aliphatic heterocycles. The molecule has 0 bridgehead atoms. The van der Waals surface area contributed by atoms with Gasteiger partial charge in [0, 0.05) is 6.04 Å². The summed E-state index contributed by atoms with van der Waals surface area (Å²) in [6.07, 6.45) is 2.64. The third kappa shape index (κ3) is 1.78. The molecule has 3 nitrogen and oxygen atoms in total. The van der Waals surface area contributed by atoms with Crippen molar-refractivity contribution in [3.63, 3.8) is 0 Å². The van der Waals surface area contributed by atoms with Crippen LogP contribution in [0, 0.1) is 11.8 Å². The van der Waals surface area contributed by atoms with Crippen LogP contribution in [0.2, 0.25) is 0 Å². The monoisotopic (exact) mass is 210 g/mol. The lowest BCUT2D eigenvalue weighted by atomic mass is 10.1. The highest BCUT2D eigenvalue weighted by atomic mass is 16.2. The van der Waals surface area contributed by atoms with Crippen LogP contribution in [0.5, 0.6) is 0 Å². The summed E-state index contributed by atoms with van der Waals surface area (Å²) in [7, 11) is 0. The minimum absolute atomic E-state index is 0.0399. The lowest BCUT2D eigenvalue weighted by Crippen LogP contribution is -2.37. The second-order valence-corrected chi connectivity index (χ2v) is 5.28. The third-order valence-corrected chi connectivity index (χ3v) is 3.79. The van der Waals surface area contributed by atoms with Crippen LogP contribution in [0.25, 0.3) is 0 Å². The number of hydrogen-bond acceptors (Lipinski definition) is 2. The number of carbonyl (C=O) groups is 1. The summed E-state index contributed by atoms with van der Waals surface area (Å²) in [5.74, 6) is 1.46. The topological polar surface area (TPSA) is 32.3 Å². The van der Waals surface area contributed by atoms with Gasteiger partial charge in [0.2, 0.25) is 5.91 Å². The van der Waals surface area contributed by atoms with Gasteiger partial charge in [-0.1, -0.05) is 27.2 Å². The Morgan fingerprint density at radius 3 is 2.60 bits per heavy atom. The Bertz CT molecular complexity index is 264. The predicted octanol–water partition coefficient (Wildman–Crippen LogP) is 1.59. The fourth-order valence-electron chi connectivity index (χ4n) is 2.70. The van der Waals surface area contributed by atoms with Crippen molar-refractivity contribution in [2.45, 2.75) is 58.8 Å². The van der Waals surface area contributed by atoms with Crippen LogP contribution in [-0.4, -0.2) is 29.1 Å². The number of rotatable bonds is 3. The van der Waals surface area contributed by atoms with Crippen molar-refractivity contribution in [3.8, 4) is 0 Å². The van der Waals surface area contributed by atoms with Gasteiger partial charge in [0.1, 0.15) is 0 Å². The molecule has 4 atom stereocenters. The van der Waals surface area contributed by atoms with Gasteiger partial charge in [0.25, 0.3) is 0 Å². The van der Waals surface area contributed by atoms with Crippen LogP contribution >= 0.6 is 0 Å². The molecule has 0 spiro atoms. The van der Waals surface area contributed by atoms with Crippen LogP contribution < -0.4 is 5.32 Å². The number of nitrogens with one attached hydrogen (secondary N) is 1. The quantitative estimate of drug-likeness (QED) is 0.767. The Labute approximate surface area is 92.2 Å². The second kappa shape index (κ2) is 3.78. The van der Waals surface area contributed by atoms with Crippen molar-refractivity contribution in [2.24, 2.45) is 11.8 Å². The van der Waals surface area contributed by atoms with E-state index in [9.17, 15) is 4.79 Å². The third-order valence-electron chi connectivity index (χ3n) is 3.79. The average molecular weight is 210 g/mol. The van der Waals surface area contributed by atoms with Crippen molar-refractivity contribution < 1.29 is 4.79 Å². The standard InChI is InChI=1S/C12H22N2O/c1-5-9-6-10(9)14-8(4)13-11(7(2)3)12(14)15/h7-11,13H,5-6H2,1-4H3. The normalized spacial score (nSPS) is 40.3.